The van der Waals surface area contributed by atoms with Crippen LogP contribution in [0.25, 0.3) is 0 Å². The summed E-state index contributed by atoms with van der Waals surface area (Å²) in [6.45, 7) is 4.20. The molecule has 1 aliphatic heterocycles. The molecule has 4 rings (SSSR count). The van der Waals surface area contributed by atoms with Gasteiger partial charge in [0.2, 0.25) is 0 Å². The maximum Gasteiger partial charge on any atom is 0.573 e. The summed E-state index contributed by atoms with van der Waals surface area (Å²) >= 11 is 0. The van der Waals surface area contributed by atoms with Gasteiger partial charge in [0.15, 0.2) is 0 Å². The maximum absolute atomic E-state index is 12.3. The number of hydrogen-bond donors (Lipinski definition) is 1. The molecule has 1 atom stereocenters. The van der Waals surface area contributed by atoms with Crippen molar-refractivity contribution >= 4 is 5.69 Å². The van der Waals surface area contributed by atoms with Gasteiger partial charge in [0.1, 0.15) is 42.3 Å². The number of aliphatic hydroxyl groups excluding tert-OH is 1. The van der Waals surface area contributed by atoms with Crippen molar-refractivity contribution in [3.8, 4) is 23.0 Å². The number of rotatable bonds is 11. The van der Waals surface area contributed by atoms with E-state index in [9.17, 15) is 18.3 Å². The number of alkyl halides is 3. The van der Waals surface area contributed by atoms with Gasteiger partial charge in [0.05, 0.1) is 6.10 Å². The molecule has 0 amide bonds. The van der Waals surface area contributed by atoms with Crippen molar-refractivity contribution in [2.45, 2.75) is 51.4 Å². The van der Waals surface area contributed by atoms with E-state index in [1.165, 1.54) is 24.3 Å². The quantitative estimate of drug-likeness (QED) is 0.311. The van der Waals surface area contributed by atoms with Gasteiger partial charge < -0.3 is 29.0 Å². The largest absolute Gasteiger partial charge is 0.573 e. The molecule has 3 aromatic rings. The van der Waals surface area contributed by atoms with Crippen LogP contribution in [0.4, 0.5) is 18.9 Å². The lowest BCUT2D eigenvalue weighted by Crippen LogP contribution is -2.38. The molecular weight excluding hydrogens is 499 g/mol. The second-order valence-electron chi connectivity index (χ2n) is 9.12. The molecule has 38 heavy (non-hydrogen) atoms. The van der Waals surface area contributed by atoms with Gasteiger partial charge in [-0.1, -0.05) is 19.1 Å². The number of piperidine rings is 1. The molecule has 1 heterocycles. The topological polar surface area (TPSA) is 60.4 Å². The van der Waals surface area contributed by atoms with Crippen LogP contribution < -0.4 is 23.8 Å². The Labute approximate surface area is 220 Å². The molecule has 9 heteroatoms. The van der Waals surface area contributed by atoms with Gasteiger partial charge in [-0.2, -0.15) is 0 Å². The first kappa shape index (κ1) is 27.4. The van der Waals surface area contributed by atoms with Crippen LogP contribution in [0.2, 0.25) is 0 Å². The van der Waals surface area contributed by atoms with E-state index in [4.69, 9.17) is 14.2 Å². The molecule has 0 aromatic heterocycles. The molecular formula is C29H32F3NO5. The molecule has 3 aromatic carbocycles. The van der Waals surface area contributed by atoms with Crippen LogP contribution in [0.1, 0.15) is 31.7 Å². The first-order valence-electron chi connectivity index (χ1n) is 12.7. The Morgan fingerprint density at radius 3 is 1.97 bits per heavy atom. The van der Waals surface area contributed by atoms with E-state index < -0.39 is 12.5 Å². The van der Waals surface area contributed by atoms with Crippen LogP contribution in [-0.2, 0) is 6.61 Å². The van der Waals surface area contributed by atoms with Crippen molar-refractivity contribution in [2.75, 3.05) is 24.6 Å². The number of anilines is 1. The monoisotopic (exact) mass is 531 g/mol. The molecule has 0 aliphatic carbocycles. The SMILES string of the molecule is CCC(O)COc1ccc(N2CCC(Oc3ccc(OCc4ccc(OC(F)(F)F)cc4)cc3)CC2)cc1. The molecule has 0 bridgehead atoms. The van der Waals surface area contributed by atoms with E-state index in [2.05, 4.69) is 9.64 Å². The average Bonchev–Trinajstić information content (AvgIpc) is 2.92. The van der Waals surface area contributed by atoms with E-state index in [0.717, 1.165) is 48.7 Å². The lowest BCUT2D eigenvalue weighted by molar-refractivity contribution is -0.274. The second kappa shape index (κ2) is 12.8. The molecule has 0 radical (unpaired) electrons. The Bertz CT molecular complexity index is 1110. The van der Waals surface area contributed by atoms with Crippen molar-refractivity contribution in [3.63, 3.8) is 0 Å². The Hall–Kier alpha value is -3.59. The van der Waals surface area contributed by atoms with E-state index in [-0.39, 0.29) is 18.5 Å². The second-order valence-corrected chi connectivity index (χ2v) is 9.12. The van der Waals surface area contributed by atoms with Crippen LogP contribution in [0.3, 0.4) is 0 Å². The summed E-state index contributed by atoms with van der Waals surface area (Å²) in [5, 5.41) is 9.64. The molecule has 1 unspecified atom stereocenters. The standard InChI is InChI=1S/C29H32F3NO5/c1-2-23(34)20-36-24-9-5-22(6-10-24)33-17-15-27(16-18-33)37-26-13-11-25(12-14-26)35-19-21-3-7-28(8-4-21)38-29(30,31)32/h3-14,23,27,34H,2,15-20H2,1H3. The third-order valence-electron chi connectivity index (χ3n) is 6.25. The molecule has 0 saturated carbocycles. The summed E-state index contributed by atoms with van der Waals surface area (Å²) < 4.78 is 58.2. The predicted molar refractivity (Wildman–Crippen MR) is 138 cm³/mol. The minimum absolute atomic E-state index is 0.119. The Morgan fingerprint density at radius 2 is 1.37 bits per heavy atom. The van der Waals surface area contributed by atoms with Crippen LogP contribution in [-0.4, -0.2) is 43.4 Å². The van der Waals surface area contributed by atoms with E-state index in [0.29, 0.717) is 18.8 Å². The van der Waals surface area contributed by atoms with Crippen molar-refractivity contribution < 1.29 is 37.2 Å². The van der Waals surface area contributed by atoms with Crippen molar-refractivity contribution in [3.05, 3.63) is 78.4 Å². The molecule has 204 valence electrons. The van der Waals surface area contributed by atoms with E-state index in [1.54, 1.807) is 0 Å². The zero-order valence-corrected chi connectivity index (χ0v) is 21.2. The van der Waals surface area contributed by atoms with Crippen molar-refractivity contribution in [1.82, 2.24) is 0 Å². The summed E-state index contributed by atoms with van der Waals surface area (Å²) in [5.41, 5.74) is 1.86. The first-order chi connectivity index (χ1) is 18.3. The van der Waals surface area contributed by atoms with E-state index >= 15 is 0 Å². The van der Waals surface area contributed by atoms with Gasteiger partial charge in [0, 0.05) is 31.6 Å². The summed E-state index contributed by atoms with van der Waals surface area (Å²) in [5.74, 6) is 1.89. The van der Waals surface area contributed by atoms with Gasteiger partial charge in [-0.15, -0.1) is 13.2 Å². The minimum Gasteiger partial charge on any atom is -0.491 e. The third-order valence-corrected chi connectivity index (χ3v) is 6.25. The molecule has 1 N–H and O–H groups in total. The number of benzene rings is 3. The molecule has 1 saturated heterocycles. The van der Waals surface area contributed by atoms with Gasteiger partial charge in [0.25, 0.3) is 0 Å². The minimum atomic E-state index is -4.71. The smallest absolute Gasteiger partial charge is 0.491 e. The fourth-order valence-corrected chi connectivity index (χ4v) is 4.06. The predicted octanol–water partition coefficient (Wildman–Crippen LogP) is 6.36. The average molecular weight is 532 g/mol. The van der Waals surface area contributed by atoms with Crippen molar-refractivity contribution in [1.29, 1.82) is 0 Å². The van der Waals surface area contributed by atoms with Crippen LogP contribution in [0, 0.1) is 0 Å². The third kappa shape index (κ3) is 8.48. The van der Waals surface area contributed by atoms with E-state index in [1.807, 2.05) is 55.5 Å². The fourth-order valence-electron chi connectivity index (χ4n) is 4.06. The summed E-state index contributed by atoms with van der Waals surface area (Å²) in [6.07, 6.45) is -2.58. The molecule has 1 fully saturated rings. The van der Waals surface area contributed by atoms with Gasteiger partial charge in [-0.05, 0) is 72.6 Å². The number of nitrogens with zero attached hydrogens (tertiary/aromatic N) is 1. The lowest BCUT2D eigenvalue weighted by Gasteiger charge is -2.33. The van der Waals surface area contributed by atoms with Crippen LogP contribution in [0.15, 0.2) is 72.8 Å². The number of halogens is 3. The molecule has 0 spiro atoms. The molecule has 1 aliphatic rings. The number of aliphatic hydroxyl groups is 1. The highest BCUT2D eigenvalue weighted by molar-refractivity contribution is 5.49. The highest BCUT2D eigenvalue weighted by Gasteiger charge is 2.31. The highest BCUT2D eigenvalue weighted by Crippen LogP contribution is 2.27. The van der Waals surface area contributed by atoms with Crippen LogP contribution >= 0.6 is 0 Å². The van der Waals surface area contributed by atoms with Gasteiger partial charge >= 0.3 is 6.36 Å². The van der Waals surface area contributed by atoms with Crippen molar-refractivity contribution in [2.24, 2.45) is 0 Å². The zero-order valence-electron chi connectivity index (χ0n) is 21.2. The Kier molecular flexibility index (Phi) is 9.23. The number of ether oxygens (including phenoxy) is 4. The van der Waals surface area contributed by atoms with Crippen LogP contribution in [0.5, 0.6) is 23.0 Å². The summed E-state index contributed by atoms with van der Waals surface area (Å²) in [6, 6.07) is 20.9. The Balaban J connectivity index is 1.19. The maximum atomic E-state index is 12.3. The highest BCUT2D eigenvalue weighted by atomic mass is 19.4. The lowest BCUT2D eigenvalue weighted by atomic mass is 10.1. The normalized spacial score (nSPS) is 15.1. The zero-order chi connectivity index (χ0) is 27.0. The summed E-state index contributed by atoms with van der Waals surface area (Å²) in [7, 11) is 0. The Morgan fingerprint density at radius 1 is 0.816 bits per heavy atom. The number of hydrogen-bond acceptors (Lipinski definition) is 6. The fraction of sp³-hybridized carbons (Fsp3) is 0.379. The summed E-state index contributed by atoms with van der Waals surface area (Å²) in [4.78, 5) is 2.32. The van der Waals surface area contributed by atoms with Gasteiger partial charge in [-0.3, -0.25) is 0 Å². The molecule has 6 nitrogen and oxygen atoms in total. The van der Waals surface area contributed by atoms with Gasteiger partial charge in [-0.25, -0.2) is 0 Å². The first-order valence-corrected chi connectivity index (χ1v) is 12.7.